The van der Waals surface area contributed by atoms with Crippen LogP contribution in [-0.4, -0.2) is 43.6 Å². The second-order valence-electron chi connectivity index (χ2n) is 7.13. The zero-order chi connectivity index (χ0) is 21.5. The first-order chi connectivity index (χ1) is 14.5. The standard InChI is InChI=1S/C23H28N2O4S/c1-4-14-29-18-9-7-6-8-16(18)10-11-20(26)24-22-21(23(27)28-5-2)17-12-13-25(3)15-19(17)30-22/h6-11H,4-5,12-15H2,1-3H3,(H,24,26)/b11-10+. The van der Waals surface area contributed by atoms with Crippen molar-refractivity contribution < 1.29 is 19.1 Å². The van der Waals surface area contributed by atoms with Crippen molar-refractivity contribution in [2.45, 2.75) is 33.2 Å². The molecule has 0 radical (unpaired) electrons. The fraction of sp³-hybridized carbons (Fsp3) is 0.391. The molecule has 2 aromatic rings. The number of hydrogen-bond acceptors (Lipinski definition) is 6. The van der Waals surface area contributed by atoms with Crippen molar-refractivity contribution in [3.63, 3.8) is 0 Å². The molecule has 6 nitrogen and oxygen atoms in total. The minimum Gasteiger partial charge on any atom is -0.493 e. The number of anilines is 1. The van der Waals surface area contributed by atoms with Gasteiger partial charge in [-0.25, -0.2) is 4.79 Å². The van der Waals surface area contributed by atoms with Gasteiger partial charge in [-0.05, 0) is 44.5 Å². The van der Waals surface area contributed by atoms with Crippen LogP contribution in [0.15, 0.2) is 30.3 Å². The molecule has 0 saturated carbocycles. The average Bonchev–Trinajstić information content (AvgIpc) is 3.08. The number of thiophene rings is 1. The Morgan fingerprint density at radius 2 is 2.07 bits per heavy atom. The maximum atomic E-state index is 12.6. The van der Waals surface area contributed by atoms with E-state index in [-0.39, 0.29) is 11.9 Å². The van der Waals surface area contributed by atoms with Gasteiger partial charge in [-0.3, -0.25) is 4.79 Å². The number of nitrogens with one attached hydrogen (secondary N) is 1. The van der Waals surface area contributed by atoms with Crippen LogP contribution in [0.1, 0.15) is 46.6 Å². The SMILES string of the molecule is CCCOc1ccccc1/C=C/C(=O)Nc1sc2c(c1C(=O)OCC)CCN(C)C2. The molecule has 0 fully saturated rings. The van der Waals surface area contributed by atoms with Gasteiger partial charge in [0, 0.05) is 29.6 Å². The van der Waals surface area contributed by atoms with Crippen LogP contribution in [0.25, 0.3) is 6.08 Å². The van der Waals surface area contributed by atoms with E-state index in [0.29, 0.717) is 23.8 Å². The molecule has 0 atom stereocenters. The Bertz CT molecular complexity index is 935. The van der Waals surface area contributed by atoms with Crippen molar-refractivity contribution in [1.82, 2.24) is 4.90 Å². The van der Waals surface area contributed by atoms with Gasteiger partial charge in [0.15, 0.2) is 0 Å². The predicted molar refractivity (Wildman–Crippen MR) is 120 cm³/mol. The molecule has 1 aliphatic rings. The van der Waals surface area contributed by atoms with Gasteiger partial charge in [0.1, 0.15) is 10.8 Å². The summed E-state index contributed by atoms with van der Waals surface area (Å²) in [5, 5.41) is 3.44. The summed E-state index contributed by atoms with van der Waals surface area (Å²) in [5.41, 5.74) is 2.33. The lowest BCUT2D eigenvalue weighted by molar-refractivity contribution is -0.111. The molecule has 0 saturated heterocycles. The van der Waals surface area contributed by atoms with Gasteiger partial charge in [-0.15, -0.1) is 11.3 Å². The minimum absolute atomic E-state index is 0.294. The number of carbonyl (C=O) groups excluding carboxylic acids is 2. The maximum Gasteiger partial charge on any atom is 0.341 e. The van der Waals surface area contributed by atoms with Gasteiger partial charge >= 0.3 is 5.97 Å². The zero-order valence-electron chi connectivity index (χ0n) is 17.7. The van der Waals surface area contributed by atoms with E-state index in [4.69, 9.17) is 9.47 Å². The van der Waals surface area contributed by atoms with Crippen molar-refractivity contribution in [2.24, 2.45) is 0 Å². The van der Waals surface area contributed by atoms with Crippen LogP contribution in [0.4, 0.5) is 5.00 Å². The van der Waals surface area contributed by atoms with E-state index in [1.165, 1.54) is 17.4 Å². The van der Waals surface area contributed by atoms with E-state index >= 15 is 0 Å². The minimum atomic E-state index is -0.378. The van der Waals surface area contributed by atoms with Crippen molar-refractivity contribution in [3.05, 3.63) is 51.9 Å². The average molecular weight is 429 g/mol. The molecule has 3 rings (SSSR count). The van der Waals surface area contributed by atoms with Crippen molar-refractivity contribution in [3.8, 4) is 5.75 Å². The molecular formula is C23H28N2O4S. The zero-order valence-corrected chi connectivity index (χ0v) is 18.5. The summed E-state index contributed by atoms with van der Waals surface area (Å²) in [5.74, 6) is 0.0696. The lowest BCUT2D eigenvalue weighted by Crippen LogP contribution is -2.26. The Labute approximate surface area is 181 Å². The van der Waals surface area contributed by atoms with Gasteiger partial charge in [0.25, 0.3) is 0 Å². The molecule has 1 aliphatic heterocycles. The number of rotatable bonds is 8. The lowest BCUT2D eigenvalue weighted by Gasteiger charge is -2.22. The van der Waals surface area contributed by atoms with Crippen LogP contribution >= 0.6 is 11.3 Å². The molecule has 0 unspecified atom stereocenters. The van der Waals surface area contributed by atoms with Crippen molar-refractivity contribution in [2.75, 3.05) is 32.1 Å². The maximum absolute atomic E-state index is 12.6. The Morgan fingerprint density at radius 1 is 1.27 bits per heavy atom. The molecule has 1 amide bonds. The number of likely N-dealkylation sites (N-methyl/N-ethyl adjacent to an activating group) is 1. The van der Waals surface area contributed by atoms with E-state index in [2.05, 4.69) is 10.2 Å². The summed E-state index contributed by atoms with van der Waals surface area (Å²) in [7, 11) is 2.05. The summed E-state index contributed by atoms with van der Waals surface area (Å²) < 4.78 is 11.0. The van der Waals surface area contributed by atoms with E-state index in [1.807, 2.05) is 38.2 Å². The largest absolute Gasteiger partial charge is 0.493 e. The first-order valence-electron chi connectivity index (χ1n) is 10.2. The van der Waals surface area contributed by atoms with Gasteiger partial charge < -0.3 is 19.7 Å². The molecule has 0 bridgehead atoms. The normalized spacial score (nSPS) is 13.8. The van der Waals surface area contributed by atoms with Gasteiger partial charge in [0.2, 0.25) is 5.91 Å². The highest BCUT2D eigenvalue weighted by Crippen LogP contribution is 2.37. The molecular weight excluding hydrogens is 400 g/mol. The number of para-hydroxylation sites is 1. The topological polar surface area (TPSA) is 67.9 Å². The quantitative estimate of drug-likeness (QED) is 0.500. The Hall–Kier alpha value is -2.64. The summed E-state index contributed by atoms with van der Waals surface area (Å²) in [6.07, 6.45) is 4.87. The highest BCUT2D eigenvalue weighted by Gasteiger charge is 2.28. The molecule has 1 aromatic carbocycles. The molecule has 7 heteroatoms. The molecule has 1 aromatic heterocycles. The van der Waals surface area contributed by atoms with Crippen molar-refractivity contribution >= 4 is 34.3 Å². The van der Waals surface area contributed by atoms with Crippen LogP contribution < -0.4 is 10.1 Å². The third-order valence-electron chi connectivity index (χ3n) is 4.76. The summed E-state index contributed by atoms with van der Waals surface area (Å²) in [6.45, 7) is 6.38. The molecule has 0 spiro atoms. The smallest absolute Gasteiger partial charge is 0.341 e. The second-order valence-corrected chi connectivity index (χ2v) is 8.23. The Morgan fingerprint density at radius 3 is 2.83 bits per heavy atom. The van der Waals surface area contributed by atoms with Crippen molar-refractivity contribution in [1.29, 1.82) is 0 Å². The number of amides is 1. The number of hydrogen-bond donors (Lipinski definition) is 1. The first-order valence-corrected chi connectivity index (χ1v) is 11.1. The number of esters is 1. The van der Waals surface area contributed by atoms with Gasteiger partial charge in [-0.2, -0.15) is 0 Å². The Kier molecular flexibility index (Phi) is 7.65. The van der Waals surface area contributed by atoms with Crippen LogP contribution in [0.3, 0.4) is 0 Å². The first kappa shape index (κ1) is 22.1. The van der Waals surface area contributed by atoms with Crippen LogP contribution in [0.5, 0.6) is 5.75 Å². The lowest BCUT2D eigenvalue weighted by atomic mass is 10.0. The summed E-state index contributed by atoms with van der Waals surface area (Å²) >= 11 is 1.45. The number of fused-ring (bicyclic) bond motifs is 1. The Balaban J connectivity index is 1.80. The van der Waals surface area contributed by atoms with E-state index in [1.54, 1.807) is 13.0 Å². The molecule has 1 N–H and O–H groups in total. The third kappa shape index (κ3) is 5.29. The van der Waals surface area contributed by atoms with Crippen LogP contribution in [0, 0.1) is 0 Å². The van der Waals surface area contributed by atoms with Gasteiger partial charge in [-0.1, -0.05) is 25.1 Å². The van der Waals surface area contributed by atoms with E-state index < -0.39 is 0 Å². The molecule has 2 heterocycles. The van der Waals surface area contributed by atoms with E-state index in [9.17, 15) is 9.59 Å². The van der Waals surface area contributed by atoms with E-state index in [0.717, 1.165) is 47.7 Å². The molecule has 30 heavy (non-hydrogen) atoms. The number of carbonyl (C=O) groups is 2. The number of ether oxygens (including phenoxy) is 2. The fourth-order valence-electron chi connectivity index (χ4n) is 3.32. The monoisotopic (exact) mass is 428 g/mol. The van der Waals surface area contributed by atoms with Gasteiger partial charge in [0.05, 0.1) is 18.8 Å². The predicted octanol–water partition coefficient (Wildman–Crippen LogP) is 4.35. The highest BCUT2D eigenvalue weighted by atomic mass is 32.1. The number of benzene rings is 1. The third-order valence-corrected chi connectivity index (χ3v) is 5.89. The second kappa shape index (κ2) is 10.4. The summed E-state index contributed by atoms with van der Waals surface area (Å²) in [6, 6.07) is 7.59. The highest BCUT2D eigenvalue weighted by molar-refractivity contribution is 7.17. The van der Waals surface area contributed by atoms with Crippen LogP contribution in [0.2, 0.25) is 0 Å². The van der Waals surface area contributed by atoms with Crippen LogP contribution in [-0.2, 0) is 22.5 Å². The molecule has 160 valence electrons. The fourth-order valence-corrected chi connectivity index (χ4v) is 4.64. The number of nitrogens with zero attached hydrogens (tertiary/aromatic N) is 1. The molecule has 0 aliphatic carbocycles. The summed E-state index contributed by atoms with van der Waals surface area (Å²) in [4.78, 5) is 28.5.